The number of hydrogen-bond donors (Lipinski definition) is 0. The van der Waals surface area contributed by atoms with Crippen LogP contribution >= 0.6 is 0 Å². The van der Waals surface area contributed by atoms with Gasteiger partial charge in [0.25, 0.3) is 5.91 Å². The summed E-state index contributed by atoms with van der Waals surface area (Å²) in [7, 11) is 1.72. The highest BCUT2D eigenvalue weighted by atomic mass is 16.5. The second-order valence-electron chi connectivity index (χ2n) is 6.66. The molecule has 0 fully saturated rings. The first-order valence-corrected chi connectivity index (χ1v) is 8.83. The number of para-hydroxylation sites is 2. The molecule has 2 aromatic rings. The molecule has 1 amide bonds. The molecule has 4 nitrogen and oxygen atoms in total. The van der Waals surface area contributed by atoms with Gasteiger partial charge in [0.05, 0.1) is 18.0 Å². The number of rotatable bonds is 4. The second kappa shape index (κ2) is 7.70. The van der Waals surface area contributed by atoms with Crippen LogP contribution in [-0.4, -0.2) is 39.3 Å². The minimum atomic E-state index is 0.0767. The normalized spacial score (nSPS) is 14.2. The summed E-state index contributed by atoms with van der Waals surface area (Å²) in [6.45, 7) is 7.24. The average molecular weight is 338 g/mol. The molecule has 25 heavy (non-hydrogen) atoms. The largest absolute Gasteiger partial charge is 0.383 e. The summed E-state index contributed by atoms with van der Waals surface area (Å²) in [6.07, 6.45) is 0.939. The molecule has 0 unspecified atom stereocenters. The maximum Gasteiger partial charge on any atom is 0.258 e. The monoisotopic (exact) mass is 338 g/mol. The van der Waals surface area contributed by atoms with Gasteiger partial charge < -0.3 is 14.5 Å². The van der Waals surface area contributed by atoms with Crippen LogP contribution in [0.4, 0.5) is 11.4 Å². The molecule has 2 aromatic carbocycles. The lowest BCUT2D eigenvalue weighted by Crippen LogP contribution is -2.31. The molecule has 4 heteroatoms. The fraction of sp³-hybridized carbons (Fsp3) is 0.381. The minimum absolute atomic E-state index is 0.0767. The van der Waals surface area contributed by atoms with E-state index in [-0.39, 0.29) is 5.91 Å². The van der Waals surface area contributed by atoms with Crippen LogP contribution in [0, 0.1) is 13.8 Å². The van der Waals surface area contributed by atoms with Crippen molar-refractivity contribution in [1.82, 2.24) is 0 Å². The number of amides is 1. The summed E-state index contributed by atoms with van der Waals surface area (Å²) in [5.41, 5.74) is 5.09. The van der Waals surface area contributed by atoms with E-state index in [9.17, 15) is 4.79 Å². The van der Waals surface area contributed by atoms with Crippen molar-refractivity contribution in [2.45, 2.75) is 20.3 Å². The molecule has 0 saturated heterocycles. The number of ether oxygens (including phenoxy) is 1. The zero-order valence-corrected chi connectivity index (χ0v) is 15.3. The van der Waals surface area contributed by atoms with Crippen LogP contribution in [0.15, 0.2) is 42.5 Å². The van der Waals surface area contributed by atoms with Gasteiger partial charge in [0.2, 0.25) is 0 Å². The SMILES string of the molecule is COCCN1CCCN(C(=O)c2cc(C)cc(C)c2)c2ccccc21. The van der Waals surface area contributed by atoms with Gasteiger partial charge in [-0.15, -0.1) is 0 Å². The number of methoxy groups -OCH3 is 1. The van der Waals surface area contributed by atoms with Crippen molar-refractivity contribution >= 4 is 17.3 Å². The molecule has 0 bridgehead atoms. The molecule has 0 aromatic heterocycles. The zero-order valence-electron chi connectivity index (χ0n) is 15.3. The van der Waals surface area contributed by atoms with Crippen molar-refractivity contribution < 1.29 is 9.53 Å². The third-order valence-corrected chi connectivity index (χ3v) is 4.60. The lowest BCUT2D eigenvalue weighted by Gasteiger charge is -2.26. The smallest absolute Gasteiger partial charge is 0.258 e. The van der Waals surface area contributed by atoms with Gasteiger partial charge >= 0.3 is 0 Å². The highest BCUT2D eigenvalue weighted by Crippen LogP contribution is 2.33. The van der Waals surface area contributed by atoms with Crippen LogP contribution < -0.4 is 9.80 Å². The quantitative estimate of drug-likeness (QED) is 0.850. The number of hydrogen-bond acceptors (Lipinski definition) is 3. The highest BCUT2D eigenvalue weighted by molar-refractivity contribution is 6.08. The molecule has 132 valence electrons. The van der Waals surface area contributed by atoms with Gasteiger partial charge in [-0.05, 0) is 44.5 Å². The van der Waals surface area contributed by atoms with E-state index in [0.29, 0.717) is 6.61 Å². The molecule has 1 heterocycles. The van der Waals surface area contributed by atoms with Crippen molar-refractivity contribution in [2.24, 2.45) is 0 Å². The number of anilines is 2. The number of benzene rings is 2. The van der Waals surface area contributed by atoms with Crippen LogP contribution in [0.2, 0.25) is 0 Å². The van der Waals surface area contributed by atoms with Crippen LogP contribution in [0.1, 0.15) is 27.9 Å². The van der Waals surface area contributed by atoms with Crippen molar-refractivity contribution in [1.29, 1.82) is 0 Å². The van der Waals surface area contributed by atoms with Crippen LogP contribution in [0.5, 0.6) is 0 Å². The minimum Gasteiger partial charge on any atom is -0.383 e. The summed E-state index contributed by atoms with van der Waals surface area (Å²) in [6, 6.07) is 14.2. The third-order valence-electron chi connectivity index (χ3n) is 4.60. The molecule has 0 N–H and O–H groups in total. The summed E-state index contributed by atoms with van der Waals surface area (Å²) in [5.74, 6) is 0.0767. The molecule has 1 aliphatic heterocycles. The van der Waals surface area contributed by atoms with Crippen molar-refractivity contribution in [3.63, 3.8) is 0 Å². The summed E-state index contributed by atoms with van der Waals surface area (Å²) >= 11 is 0. The Hall–Kier alpha value is -2.33. The predicted molar refractivity (Wildman–Crippen MR) is 103 cm³/mol. The standard InChI is InChI=1S/C21H26N2O2/c1-16-13-17(2)15-18(14-16)21(24)23-10-6-9-22(11-12-25-3)19-7-4-5-8-20(19)23/h4-5,7-8,13-15H,6,9-12H2,1-3H3. The Morgan fingerprint density at radius 3 is 2.40 bits per heavy atom. The number of fused-ring (bicyclic) bond motifs is 1. The van der Waals surface area contributed by atoms with Gasteiger partial charge in [-0.1, -0.05) is 29.3 Å². The molecule has 0 spiro atoms. The van der Waals surface area contributed by atoms with Crippen molar-refractivity contribution in [2.75, 3.05) is 43.2 Å². The van der Waals surface area contributed by atoms with E-state index in [1.807, 2.05) is 49.1 Å². The van der Waals surface area contributed by atoms with E-state index in [2.05, 4.69) is 17.0 Å². The maximum absolute atomic E-state index is 13.2. The molecule has 0 atom stereocenters. The number of carbonyl (C=O) groups is 1. The molecule has 0 saturated carbocycles. The Bertz CT molecular complexity index is 737. The first-order chi connectivity index (χ1) is 12.1. The average Bonchev–Trinajstić information content (AvgIpc) is 2.78. The Morgan fingerprint density at radius 1 is 1.04 bits per heavy atom. The zero-order chi connectivity index (χ0) is 17.8. The highest BCUT2D eigenvalue weighted by Gasteiger charge is 2.25. The Balaban J connectivity index is 1.96. The van der Waals surface area contributed by atoms with Crippen molar-refractivity contribution in [3.05, 3.63) is 59.2 Å². The van der Waals surface area contributed by atoms with E-state index < -0.39 is 0 Å². The molecule has 0 aliphatic carbocycles. The van der Waals surface area contributed by atoms with Gasteiger partial charge in [-0.3, -0.25) is 4.79 Å². The van der Waals surface area contributed by atoms with Gasteiger partial charge in [0.1, 0.15) is 0 Å². The summed E-state index contributed by atoms with van der Waals surface area (Å²) in [5, 5.41) is 0. The summed E-state index contributed by atoms with van der Waals surface area (Å²) in [4.78, 5) is 17.5. The van der Waals surface area contributed by atoms with E-state index in [0.717, 1.165) is 54.1 Å². The van der Waals surface area contributed by atoms with Gasteiger partial charge in [0, 0.05) is 32.3 Å². The molecular formula is C21H26N2O2. The van der Waals surface area contributed by atoms with Crippen LogP contribution in [-0.2, 0) is 4.74 Å². The lowest BCUT2D eigenvalue weighted by molar-refractivity contribution is 0.0987. The topological polar surface area (TPSA) is 32.8 Å². The first-order valence-electron chi connectivity index (χ1n) is 8.83. The van der Waals surface area contributed by atoms with E-state index in [4.69, 9.17) is 4.74 Å². The van der Waals surface area contributed by atoms with E-state index in [1.165, 1.54) is 0 Å². The van der Waals surface area contributed by atoms with Gasteiger partial charge in [-0.25, -0.2) is 0 Å². The summed E-state index contributed by atoms with van der Waals surface area (Å²) < 4.78 is 5.25. The van der Waals surface area contributed by atoms with E-state index >= 15 is 0 Å². The fourth-order valence-electron chi connectivity index (χ4n) is 3.52. The van der Waals surface area contributed by atoms with Crippen LogP contribution in [0.25, 0.3) is 0 Å². The Labute approximate surface area is 150 Å². The Morgan fingerprint density at radius 2 is 1.72 bits per heavy atom. The molecular weight excluding hydrogens is 312 g/mol. The lowest BCUT2D eigenvalue weighted by atomic mass is 10.1. The molecule has 0 radical (unpaired) electrons. The van der Waals surface area contributed by atoms with Gasteiger partial charge in [0.15, 0.2) is 0 Å². The number of carbonyl (C=O) groups excluding carboxylic acids is 1. The van der Waals surface area contributed by atoms with E-state index in [1.54, 1.807) is 7.11 Å². The Kier molecular flexibility index (Phi) is 5.39. The maximum atomic E-state index is 13.2. The molecule has 3 rings (SSSR count). The van der Waals surface area contributed by atoms with Crippen molar-refractivity contribution in [3.8, 4) is 0 Å². The first kappa shape index (κ1) is 17.5. The fourth-order valence-corrected chi connectivity index (χ4v) is 3.52. The number of nitrogens with zero attached hydrogens (tertiary/aromatic N) is 2. The number of aryl methyl sites for hydroxylation is 2. The van der Waals surface area contributed by atoms with Gasteiger partial charge in [-0.2, -0.15) is 0 Å². The third kappa shape index (κ3) is 3.85. The van der Waals surface area contributed by atoms with Crippen LogP contribution in [0.3, 0.4) is 0 Å². The molecule has 1 aliphatic rings. The second-order valence-corrected chi connectivity index (χ2v) is 6.66. The predicted octanol–water partition coefficient (Wildman–Crippen LogP) is 3.81.